The van der Waals surface area contributed by atoms with E-state index >= 15 is 0 Å². The maximum Gasteiger partial charge on any atom is 0.320 e. The second kappa shape index (κ2) is 12.2. The molecule has 0 saturated carbocycles. The van der Waals surface area contributed by atoms with Gasteiger partial charge in [0.25, 0.3) is 0 Å². The SMILES string of the molecule is Cc1c(-c2ccccc2)cccc1-c1nnc(-c2cccc(CN(C)[C@@H](CCCNC(=N)N)C(=O)O)c2)o1. The molecule has 196 valence electrons. The molecular weight excluding hydrogens is 480 g/mol. The molecule has 0 aliphatic rings. The van der Waals surface area contributed by atoms with E-state index in [1.807, 2.05) is 61.5 Å². The molecule has 3 aromatic carbocycles. The van der Waals surface area contributed by atoms with Crippen molar-refractivity contribution in [3.8, 4) is 34.0 Å². The number of carboxylic acid groups (broad SMARTS) is 1. The summed E-state index contributed by atoms with van der Waals surface area (Å²) in [6.45, 7) is 2.94. The molecule has 5 N–H and O–H groups in total. The second-order valence-electron chi connectivity index (χ2n) is 9.21. The van der Waals surface area contributed by atoms with E-state index in [0.717, 1.165) is 33.4 Å². The number of guanidine groups is 1. The lowest BCUT2D eigenvalue weighted by atomic mass is 9.96. The van der Waals surface area contributed by atoms with E-state index in [1.54, 1.807) is 11.9 Å². The summed E-state index contributed by atoms with van der Waals surface area (Å²) in [6, 6.07) is 23.2. The number of aliphatic carboxylic acids is 1. The molecule has 0 spiro atoms. The van der Waals surface area contributed by atoms with Gasteiger partial charge in [-0.1, -0.05) is 54.6 Å². The Labute approximate surface area is 221 Å². The Morgan fingerprint density at radius 1 is 1.03 bits per heavy atom. The van der Waals surface area contributed by atoms with Gasteiger partial charge in [-0.3, -0.25) is 15.1 Å². The van der Waals surface area contributed by atoms with Gasteiger partial charge >= 0.3 is 5.97 Å². The second-order valence-corrected chi connectivity index (χ2v) is 9.21. The molecule has 4 aromatic rings. The number of benzene rings is 3. The summed E-state index contributed by atoms with van der Waals surface area (Å²) in [5, 5.41) is 28.3. The Kier molecular flexibility index (Phi) is 8.50. The van der Waals surface area contributed by atoms with Crippen LogP contribution in [0.4, 0.5) is 0 Å². The summed E-state index contributed by atoms with van der Waals surface area (Å²) in [5.41, 5.74) is 11.2. The third-order valence-electron chi connectivity index (χ3n) is 6.47. The van der Waals surface area contributed by atoms with Crippen LogP contribution in [-0.2, 0) is 11.3 Å². The average Bonchev–Trinajstić information content (AvgIpc) is 3.39. The Hall–Kier alpha value is -4.50. The van der Waals surface area contributed by atoms with Crippen molar-refractivity contribution in [3.05, 3.63) is 83.9 Å². The lowest BCUT2D eigenvalue weighted by molar-refractivity contribution is -0.143. The van der Waals surface area contributed by atoms with Crippen LogP contribution in [0.3, 0.4) is 0 Å². The Bertz CT molecular complexity index is 1400. The summed E-state index contributed by atoms with van der Waals surface area (Å²) >= 11 is 0. The predicted molar refractivity (Wildman–Crippen MR) is 147 cm³/mol. The molecule has 0 saturated heterocycles. The van der Waals surface area contributed by atoms with Crippen LogP contribution >= 0.6 is 0 Å². The van der Waals surface area contributed by atoms with Gasteiger partial charge in [-0.15, -0.1) is 10.2 Å². The van der Waals surface area contributed by atoms with Crippen LogP contribution in [0, 0.1) is 12.3 Å². The van der Waals surface area contributed by atoms with Gasteiger partial charge in [-0.25, -0.2) is 0 Å². The van der Waals surface area contributed by atoms with E-state index in [1.165, 1.54) is 0 Å². The van der Waals surface area contributed by atoms with Gasteiger partial charge in [0, 0.05) is 24.2 Å². The van der Waals surface area contributed by atoms with Gasteiger partial charge in [0.15, 0.2) is 5.96 Å². The molecule has 0 aliphatic carbocycles. The largest absolute Gasteiger partial charge is 0.480 e. The van der Waals surface area contributed by atoms with Crippen molar-refractivity contribution in [2.24, 2.45) is 5.73 Å². The fraction of sp³-hybridized carbons (Fsp3) is 0.241. The number of hydrogen-bond acceptors (Lipinski definition) is 6. The molecule has 0 amide bonds. The minimum absolute atomic E-state index is 0.120. The number of nitrogens with two attached hydrogens (primary N) is 1. The quantitative estimate of drug-likeness (QED) is 0.130. The molecule has 1 aromatic heterocycles. The maximum atomic E-state index is 11.9. The molecular formula is C29H32N6O3. The highest BCUT2D eigenvalue weighted by molar-refractivity contribution is 5.76. The zero-order chi connectivity index (χ0) is 27.1. The first kappa shape index (κ1) is 26.6. The van der Waals surface area contributed by atoms with E-state index in [9.17, 15) is 9.90 Å². The number of aromatic nitrogens is 2. The highest BCUT2D eigenvalue weighted by Gasteiger charge is 2.22. The molecule has 38 heavy (non-hydrogen) atoms. The lowest BCUT2D eigenvalue weighted by Crippen LogP contribution is -2.39. The fourth-order valence-corrected chi connectivity index (χ4v) is 4.50. The first-order valence-corrected chi connectivity index (χ1v) is 12.4. The number of rotatable bonds is 11. The van der Waals surface area contributed by atoms with Crippen molar-refractivity contribution in [1.82, 2.24) is 20.4 Å². The molecule has 0 radical (unpaired) electrons. The lowest BCUT2D eigenvalue weighted by Gasteiger charge is -2.25. The summed E-state index contributed by atoms with van der Waals surface area (Å²) < 4.78 is 6.09. The van der Waals surface area contributed by atoms with Crippen LogP contribution < -0.4 is 11.1 Å². The van der Waals surface area contributed by atoms with Crippen molar-refractivity contribution >= 4 is 11.9 Å². The average molecular weight is 513 g/mol. The summed E-state index contributed by atoms with van der Waals surface area (Å²) in [7, 11) is 1.79. The summed E-state index contributed by atoms with van der Waals surface area (Å²) in [5.74, 6) is -0.159. The first-order valence-electron chi connectivity index (χ1n) is 12.4. The summed E-state index contributed by atoms with van der Waals surface area (Å²) in [4.78, 5) is 13.7. The van der Waals surface area contributed by atoms with E-state index < -0.39 is 12.0 Å². The fourth-order valence-electron chi connectivity index (χ4n) is 4.50. The van der Waals surface area contributed by atoms with Gasteiger partial charge in [0.2, 0.25) is 11.8 Å². The number of nitrogens with zero attached hydrogens (tertiary/aromatic N) is 3. The number of hydrogen-bond donors (Lipinski definition) is 4. The molecule has 9 heteroatoms. The maximum absolute atomic E-state index is 11.9. The zero-order valence-electron chi connectivity index (χ0n) is 21.5. The van der Waals surface area contributed by atoms with Crippen LogP contribution in [0.5, 0.6) is 0 Å². The van der Waals surface area contributed by atoms with Crippen molar-refractivity contribution in [1.29, 1.82) is 5.41 Å². The monoisotopic (exact) mass is 512 g/mol. The van der Waals surface area contributed by atoms with Gasteiger partial charge in [0.1, 0.15) is 6.04 Å². The molecule has 0 fully saturated rings. The highest BCUT2D eigenvalue weighted by atomic mass is 16.4. The van der Waals surface area contributed by atoms with E-state index in [4.69, 9.17) is 15.6 Å². The standard InChI is InChI=1S/C29H32N6O3/c1-19-23(21-10-4-3-5-11-21)13-7-14-24(19)27-34-33-26(38-27)22-12-6-9-20(17-22)18-35(2)25(28(36)37)15-8-16-32-29(30)31/h3-7,9-14,17,25H,8,15-16,18H2,1-2H3,(H,36,37)(H4,30,31,32)/t25-/m0/s1. The van der Waals surface area contributed by atoms with Gasteiger partial charge in [-0.05, 0) is 67.3 Å². The molecule has 1 atom stereocenters. The van der Waals surface area contributed by atoms with Gasteiger partial charge < -0.3 is 20.6 Å². The van der Waals surface area contributed by atoms with Crippen molar-refractivity contribution in [3.63, 3.8) is 0 Å². The van der Waals surface area contributed by atoms with Crippen molar-refractivity contribution in [2.45, 2.75) is 32.4 Å². The van der Waals surface area contributed by atoms with Crippen LogP contribution in [-0.4, -0.2) is 51.8 Å². The molecule has 1 heterocycles. The van der Waals surface area contributed by atoms with Crippen LogP contribution in [0.15, 0.2) is 77.2 Å². The normalized spacial score (nSPS) is 11.9. The molecule has 9 nitrogen and oxygen atoms in total. The minimum atomic E-state index is -0.888. The molecule has 0 aliphatic heterocycles. The van der Waals surface area contributed by atoms with E-state index in [-0.39, 0.29) is 5.96 Å². The highest BCUT2D eigenvalue weighted by Crippen LogP contribution is 2.32. The van der Waals surface area contributed by atoms with Gasteiger partial charge in [0.05, 0.1) is 0 Å². The predicted octanol–water partition coefficient (Wildman–Crippen LogP) is 4.53. The Morgan fingerprint density at radius 2 is 1.71 bits per heavy atom. The first-order chi connectivity index (χ1) is 18.3. The number of nitrogens with one attached hydrogen (secondary N) is 2. The third-order valence-corrected chi connectivity index (χ3v) is 6.47. The Balaban J connectivity index is 1.49. The van der Waals surface area contributed by atoms with Crippen LogP contribution in [0.1, 0.15) is 24.0 Å². The zero-order valence-corrected chi connectivity index (χ0v) is 21.5. The van der Waals surface area contributed by atoms with Crippen molar-refractivity contribution < 1.29 is 14.3 Å². The number of carbonyl (C=O) groups is 1. The molecule has 4 rings (SSSR count). The number of likely N-dealkylation sites (N-methyl/N-ethyl adjacent to an activating group) is 1. The van der Waals surface area contributed by atoms with E-state index in [2.05, 4.69) is 33.7 Å². The Morgan fingerprint density at radius 3 is 2.45 bits per heavy atom. The summed E-state index contributed by atoms with van der Waals surface area (Å²) in [6.07, 6.45) is 1.01. The topological polar surface area (TPSA) is 141 Å². The molecule has 0 bridgehead atoms. The molecule has 0 unspecified atom stereocenters. The smallest absolute Gasteiger partial charge is 0.320 e. The van der Waals surface area contributed by atoms with Crippen LogP contribution in [0.2, 0.25) is 0 Å². The minimum Gasteiger partial charge on any atom is -0.480 e. The van der Waals surface area contributed by atoms with E-state index in [0.29, 0.717) is 37.7 Å². The third kappa shape index (κ3) is 6.43. The number of carboxylic acids is 1. The van der Waals surface area contributed by atoms with Crippen LogP contribution in [0.25, 0.3) is 34.0 Å². The van der Waals surface area contributed by atoms with Gasteiger partial charge in [-0.2, -0.15) is 0 Å². The van der Waals surface area contributed by atoms with Crippen molar-refractivity contribution in [2.75, 3.05) is 13.6 Å².